The highest BCUT2D eigenvalue weighted by atomic mass is 16.4. The number of para-hydroxylation sites is 1. The van der Waals surface area contributed by atoms with Crippen LogP contribution in [0.25, 0.3) is 10.9 Å². The normalized spacial score (nSPS) is 15.6. The second-order valence-corrected chi connectivity index (χ2v) is 8.35. The average Bonchev–Trinajstić information content (AvgIpc) is 3.22. The Kier molecular flexibility index (Phi) is 9.58. The first-order chi connectivity index (χ1) is 16.1. The number of aromatic amines is 1. The molecule has 11 heteroatoms. The summed E-state index contributed by atoms with van der Waals surface area (Å²) in [5.41, 5.74) is 7.95. The van der Waals surface area contributed by atoms with Crippen LogP contribution in [0.3, 0.4) is 0 Å². The number of hydrogen-bond donors (Lipinski definition) is 7. The van der Waals surface area contributed by atoms with Crippen LogP contribution in [0.5, 0.6) is 0 Å². The number of rotatable bonds is 12. The number of aliphatic hydroxyl groups is 1. The standard InChI is InChI=1S/C23H33N5O6/c1-4-12(2)19(22(32)26-13(3)20(30)27-18(11-29)23(33)34)28-21(31)16(24)9-14-10-25-17-8-6-5-7-15(14)17/h5-8,10,12-13,16,18-19,25,29H,4,9,11,24H2,1-3H3,(H,26,32)(H,27,30)(H,28,31)(H,33,34). The highest BCUT2D eigenvalue weighted by Gasteiger charge is 2.31. The van der Waals surface area contributed by atoms with Crippen LogP contribution in [0, 0.1) is 5.92 Å². The lowest BCUT2D eigenvalue weighted by Gasteiger charge is -2.26. The van der Waals surface area contributed by atoms with E-state index in [1.165, 1.54) is 6.92 Å². The number of aliphatic carboxylic acids is 1. The Morgan fingerprint density at radius 3 is 2.32 bits per heavy atom. The second-order valence-electron chi connectivity index (χ2n) is 8.35. The van der Waals surface area contributed by atoms with E-state index in [9.17, 15) is 19.2 Å². The molecule has 2 rings (SSSR count). The van der Waals surface area contributed by atoms with Gasteiger partial charge in [-0.05, 0) is 30.9 Å². The number of carboxylic acid groups (broad SMARTS) is 1. The first kappa shape index (κ1) is 26.8. The van der Waals surface area contributed by atoms with Gasteiger partial charge in [-0.2, -0.15) is 0 Å². The SMILES string of the molecule is CCC(C)C(NC(=O)C(N)Cc1c[nH]c2ccccc12)C(=O)NC(C)C(=O)NC(CO)C(=O)O. The summed E-state index contributed by atoms with van der Waals surface area (Å²) < 4.78 is 0. The fourth-order valence-electron chi connectivity index (χ4n) is 3.44. The summed E-state index contributed by atoms with van der Waals surface area (Å²) >= 11 is 0. The summed E-state index contributed by atoms with van der Waals surface area (Å²) in [5, 5.41) is 26.3. The van der Waals surface area contributed by atoms with Crippen molar-refractivity contribution in [2.75, 3.05) is 6.61 Å². The van der Waals surface area contributed by atoms with E-state index in [0.717, 1.165) is 16.5 Å². The third-order valence-electron chi connectivity index (χ3n) is 5.79. The van der Waals surface area contributed by atoms with E-state index in [-0.39, 0.29) is 12.3 Å². The maximum absolute atomic E-state index is 12.9. The maximum Gasteiger partial charge on any atom is 0.328 e. The van der Waals surface area contributed by atoms with E-state index in [1.54, 1.807) is 13.1 Å². The predicted octanol–water partition coefficient (Wildman–Crippen LogP) is -0.365. The van der Waals surface area contributed by atoms with Gasteiger partial charge in [0.15, 0.2) is 0 Å². The average molecular weight is 476 g/mol. The number of aliphatic hydroxyl groups excluding tert-OH is 1. The molecule has 0 aliphatic heterocycles. The molecule has 0 saturated carbocycles. The Morgan fingerprint density at radius 2 is 1.71 bits per heavy atom. The van der Waals surface area contributed by atoms with Crippen molar-refractivity contribution in [3.05, 3.63) is 36.0 Å². The summed E-state index contributed by atoms with van der Waals surface area (Å²) in [7, 11) is 0. The molecule has 0 aliphatic carbocycles. The molecule has 0 aliphatic rings. The molecule has 186 valence electrons. The van der Waals surface area contributed by atoms with E-state index in [0.29, 0.717) is 6.42 Å². The number of carboxylic acids is 1. The minimum Gasteiger partial charge on any atom is -0.480 e. The molecular weight excluding hydrogens is 442 g/mol. The molecule has 3 amide bonds. The van der Waals surface area contributed by atoms with Gasteiger partial charge >= 0.3 is 5.97 Å². The number of amides is 3. The predicted molar refractivity (Wildman–Crippen MR) is 126 cm³/mol. The Morgan fingerprint density at radius 1 is 1.03 bits per heavy atom. The Balaban J connectivity index is 2.03. The topological polar surface area (TPSA) is 187 Å². The number of aromatic nitrogens is 1. The van der Waals surface area contributed by atoms with Crippen molar-refractivity contribution in [1.82, 2.24) is 20.9 Å². The number of benzene rings is 1. The first-order valence-corrected chi connectivity index (χ1v) is 11.1. The van der Waals surface area contributed by atoms with Gasteiger partial charge in [-0.3, -0.25) is 14.4 Å². The van der Waals surface area contributed by atoms with Crippen LogP contribution >= 0.6 is 0 Å². The summed E-state index contributed by atoms with van der Waals surface area (Å²) in [6.45, 7) is 4.23. The lowest BCUT2D eigenvalue weighted by atomic mass is 9.97. The fourth-order valence-corrected chi connectivity index (χ4v) is 3.44. The molecule has 11 nitrogen and oxygen atoms in total. The van der Waals surface area contributed by atoms with Crippen molar-refractivity contribution in [3.8, 4) is 0 Å². The van der Waals surface area contributed by atoms with Gasteiger partial charge in [-0.1, -0.05) is 38.5 Å². The number of fused-ring (bicyclic) bond motifs is 1. The molecule has 2 aromatic rings. The van der Waals surface area contributed by atoms with Crippen LogP contribution in [0.2, 0.25) is 0 Å². The van der Waals surface area contributed by atoms with Crippen LogP contribution in [-0.2, 0) is 25.6 Å². The van der Waals surface area contributed by atoms with Crippen molar-refractivity contribution < 1.29 is 29.4 Å². The minimum atomic E-state index is -1.49. The van der Waals surface area contributed by atoms with Crippen LogP contribution < -0.4 is 21.7 Å². The van der Waals surface area contributed by atoms with E-state index in [1.807, 2.05) is 31.2 Å². The molecule has 0 saturated heterocycles. The lowest BCUT2D eigenvalue weighted by Crippen LogP contribution is -2.58. The van der Waals surface area contributed by atoms with Crippen molar-refractivity contribution in [2.45, 2.75) is 57.8 Å². The summed E-state index contributed by atoms with van der Waals surface area (Å²) in [5.74, 6) is -3.54. The van der Waals surface area contributed by atoms with E-state index in [2.05, 4.69) is 20.9 Å². The molecule has 5 atom stereocenters. The van der Waals surface area contributed by atoms with Gasteiger partial charge in [0, 0.05) is 17.1 Å². The van der Waals surface area contributed by atoms with Gasteiger partial charge in [-0.15, -0.1) is 0 Å². The highest BCUT2D eigenvalue weighted by Crippen LogP contribution is 2.19. The molecule has 0 bridgehead atoms. The van der Waals surface area contributed by atoms with Gasteiger partial charge < -0.3 is 36.9 Å². The largest absolute Gasteiger partial charge is 0.480 e. The van der Waals surface area contributed by atoms with Gasteiger partial charge in [-0.25, -0.2) is 4.79 Å². The molecular formula is C23H33N5O6. The highest BCUT2D eigenvalue weighted by molar-refractivity contribution is 5.94. The molecule has 8 N–H and O–H groups in total. The number of nitrogens with two attached hydrogens (primary N) is 1. The Labute approximate surface area is 197 Å². The molecule has 5 unspecified atom stereocenters. The zero-order valence-corrected chi connectivity index (χ0v) is 19.5. The maximum atomic E-state index is 12.9. The zero-order chi connectivity index (χ0) is 25.4. The van der Waals surface area contributed by atoms with Crippen molar-refractivity contribution in [3.63, 3.8) is 0 Å². The number of carbonyl (C=O) groups is 4. The third kappa shape index (κ3) is 6.78. The minimum absolute atomic E-state index is 0.260. The van der Waals surface area contributed by atoms with E-state index in [4.69, 9.17) is 15.9 Å². The molecule has 1 aromatic heterocycles. The second kappa shape index (κ2) is 12.1. The third-order valence-corrected chi connectivity index (χ3v) is 5.79. The zero-order valence-electron chi connectivity index (χ0n) is 19.5. The number of H-pyrrole nitrogens is 1. The number of hydrogen-bond acceptors (Lipinski definition) is 6. The number of carbonyl (C=O) groups excluding carboxylic acids is 3. The number of nitrogens with one attached hydrogen (secondary N) is 4. The van der Waals surface area contributed by atoms with Crippen molar-refractivity contribution in [1.29, 1.82) is 0 Å². The monoisotopic (exact) mass is 475 g/mol. The lowest BCUT2D eigenvalue weighted by molar-refractivity contribution is -0.143. The van der Waals surface area contributed by atoms with Crippen molar-refractivity contribution >= 4 is 34.6 Å². The molecule has 0 fully saturated rings. The Bertz CT molecular complexity index is 1020. The van der Waals surface area contributed by atoms with Crippen LogP contribution in [-0.4, -0.2) is 69.7 Å². The van der Waals surface area contributed by atoms with Crippen LogP contribution in [0.1, 0.15) is 32.8 Å². The van der Waals surface area contributed by atoms with E-state index >= 15 is 0 Å². The van der Waals surface area contributed by atoms with Gasteiger partial charge in [0.1, 0.15) is 18.1 Å². The quantitative estimate of drug-likeness (QED) is 0.218. The summed E-state index contributed by atoms with van der Waals surface area (Å²) in [4.78, 5) is 52.0. The fraction of sp³-hybridized carbons (Fsp3) is 0.478. The van der Waals surface area contributed by atoms with Gasteiger partial charge in [0.05, 0.1) is 12.6 Å². The van der Waals surface area contributed by atoms with E-state index < -0.39 is 54.5 Å². The molecule has 34 heavy (non-hydrogen) atoms. The Hall–Kier alpha value is -3.44. The summed E-state index contributed by atoms with van der Waals surface area (Å²) in [6.07, 6.45) is 2.64. The smallest absolute Gasteiger partial charge is 0.328 e. The summed E-state index contributed by atoms with van der Waals surface area (Å²) in [6, 6.07) is 3.21. The van der Waals surface area contributed by atoms with Crippen molar-refractivity contribution in [2.24, 2.45) is 11.7 Å². The van der Waals surface area contributed by atoms with Gasteiger partial charge in [0.25, 0.3) is 0 Å². The molecule has 0 radical (unpaired) electrons. The van der Waals surface area contributed by atoms with Crippen LogP contribution in [0.15, 0.2) is 30.5 Å². The molecule has 1 aromatic carbocycles. The van der Waals surface area contributed by atoms with Gasteiger partial charge in [0.2, 0.25) is 17.7 Å². The molecule has 0 spiro atoms. The first-order valence-electron chi connectivity index (χ1n) is 11.1. The molecule has 1 heterocycles. The van der Waals surface area contributed by atoms with Crippen LogP contribution in [0.4, 0.5) is 0 Å².